The number of piperazine rings is 1. The van der Waals surface area contributed by atoms with E-state index in [0.29, 0.717) is 44.4 Å². The molecule has 1 aliphatic rings. The number of benzene rings is 1. The molecule has 154 valence electrons. The molecule has 0 spiro atoms. The van der Waals surface area contributed by atoms with Crippen LogP contribution in [0.4, 0.5) is 11.4 Å². The molecule has 1 N–H and O–H groups in total. The summed E-state index contributed by atoms with van der Waals surface area (Å²) in [6.07, 6.45) is 0. The minimum Gasteiger partial charge on any atom is -0.383 e. The summed E-state index contributed by atoms with van der Waals surface area (Å²) in [5.74, 6) is -0.128. The molecule has 0 bridgehead atoms. The molecule has 1 aliphatic heterocycles. The molecule has 1 heterocycles. The second-order valence-corrected chi connectivity index (χ2v) is 7.26. The number of nitro groups is 1. The van der Waals surface area contributed by atoms with Crippen molar-refractivity contribution in [1.82, 2.24) is 9.80 Å². The van der Waals surface area contributed by atoms with Crippen molar-refractivity contribution in [2.75, 3.05) is 45.2 Å². The number of hydrogen-bond acceptors (Lipinski definition) is 6. The first-order valence-corrected chi connectivity index (χ1v) is 9.37. The molecule has 28 heavy (non-hydrogen) atoms. The number of carbonyl (C=O) groups is 2. The predicted molar refractivity (Wildman–Crippen MR) is 105 cm³/mol. The Hall–Kier alpha value is -2.68. The van der Waals surface area contributed by atoms with Crippen LogP contribution >= 0.6 is 0 Å². The number of nitrogens with zero attached hydrogens (tertiary/aromatic N) is 3. The molecule has 1 saturated heterocycles. The average molecular weight is 392 g/mol. The van der Waals surface area contributed by atoms with Gasteiger partial charge in [-0.2, -0.15) is 0 Å². The molecule has 2 amide bonds. The van der Waals surface area contributed by atoms with Crippen molar-refractivity contribution in [2.45, 2.75) is 26.8 Å². The van der Waals surface area contributed by atoms with E-state index >= 15 is 0 Å². The summed E-state index contributed by atoms with van der Waals surface area (Å²) in [6, 6.07) is 3.72. The third kappa shape index (κ3) is 4.98. The second kappa shape index (κ2) is 9.50. The van der Waals surface area contributed by atoms with Gasteiger partial charge in [-0.3, -0.25) is 19.7 Å². The van der Waals surface area contributed by atoms with Crippen LogP contribution in [0, 0.1) is 16.0 Å². The Morgan fingerprint density at radius 2 is 2.11 bits per heavy atom. The highest BCUT2D eigenvalue weighted by molar-refractivity contribution is 5.99. The zero-order valence-corrected chi connectivity index (χ0v) is 16.8. The molecule has 9 nitrogen and oxygen atoms in total. The predicted octanol–water partition coefficient (Wildman–Crippen LogP) is 1.98. The molecule has 1 aromatic rings. The first-order valence-electron chi connectivity index (χ1n) is 9.37. The quantitative estimate of drug-likeness (QED) is 0.412. The van der Waals surface area contributed by atoms with Crippen molar-refractivity contribution in [3.05, 3.63) is 33.9 Å². The van der Waals surface area contributed by atoms with Crippen LogP contribution in [-0.2, 0) is 9.53 Å². The summed E-state index contributed by atoms with van der Waals surface area (Å²) in [7, 11) is 1.54. The van der Waals surface area contributed by atoms with Gasteiger partial charge in [0, 0.05) is 44.9 Å². The normalized spacial score (nSPS) is 17.2. The van der Waals surface area contributed by atoms with Crippen molar-refractivity contribution < 1.29 is 19.2 Å². The minimum atomic E-state index is -0.599. The van der Waals surface area contributed by atoms with Gasteiger partial charge in [0.1, 0.15) is 11.7 Å². The van der Waals surface area contributed by atoms with Crippen LogP contribution in [0.15, 0.2) is 18.2 Å². The zero-order chi connectivity index (χ0) is 20.8. The van der Waals surface area contributed by atoms with E-state index < -0.39 is 11.0 Å². The topological polar surface area (TPSA) is 105 Å². The zero-order valence-electron chi connectivity index (χ0n) is 16.8. The Balaban J connectivity index is 2.18. The lowest BCUT2D eigenvalue weighted by Gasteiger charge is -2.39. The molecule has 0 aromatic heterocycles. The van der Waals surface area contributed by atoms with Crippen molar-refractivity contribution >= 4 is 23.2 Å². The molecule has 1 atom stereocenters. The summed E-state index contributed by atoms with van der Waals surface area (Å²) in [5, 5.41) is 14.3. The van der Waals surface area contributed by atoms with E-state index in [-0.39, 0.29) is 23.1 Å². The van der Waals surface area contributed by atoms with Crippen LogP contribution in [-0.4, -0.2) is 72.5 Å². The summed E-state index contributed by atoms with van der Waals surface area (Å²) in [5.41, 5.74) is 0.338. The van der Waals surface area contributed by atoms with Crippen LogP contribution in [0.1, 0.15) is 31.1 Å². The number of anilines is 1. The molecule has 9 heteroatoms. The van der Waals surface area contributed by atoms with Gasteiger partial charge >= 0.3 is 0 Å². The summed E-state index contributed by atoms with van der Waals surface area (Å²) < 4.78 is 4.93. The Kier molecular flexibility index (Phi) is 7.33. The number of rotatable bonds is 8. The highest BCUT2D eigenvalue weighted by Gasteiger charge is 2.35. The van der Waals surface area contributed by atoms with Gasteiger partial charge in [-0.05, 0) is 25.0 Å². The lowest BCUT2D eigenvalue weighted by molar-refractivity contribution is -0.384. The number of amides is 2. The lowest BCUT2D eigenvalue weighted by atomic mass is 10.1. The summed E-state index contributed by atoms with van der Waals surface area (Å²) in [6.45, 7) is 8.10. The molecule has 1 fully saturated rings. The SMILES string of the molecule is COCCNc1ccc(C(=O)N2CCN(CC(C)C)C(=O)C2C)cc1[N+](=O)[O-]. The van der Waals surface area contributed by atoms with E-state index in [1.807, 2.05) is 13.8 Å². The molecule has 1 unspecified atom stereocenters. The Morgan fingerprint density at radius 1 is 1.39 bits per heavy atom. The maximum absolute atomic E-state index is 12.9. The van der Waals surface area contributed by atoms with E-state index in [4.69, 9.17) is 4.74 Å². The van der Waals surface area contributed by atoms with Gasteiger partial charge in [-0.25, -0.2) is 0 Å². The van der Waals surface area contributed by atoms with Crippen LogP contribution in [0.3, 0.4) is 0 Å². The van der Waals surface area contributed by atoms with Gasteiger partial charge in [0.15, 0.2) is 0 Å². The number of methoxy groups -OCH3 is 1. The van der Waals surface area contributed by atoms with Crippen LogP contribution < -0.4 is 5.32 Å². The molecule has 1 aromatic carbocycles. The summed E-state index contributed by atoms with van der Waals surface area (Å²) in [4.78, 5) is 39.6. The lowest BCUT2D eigenvalue weighted by Crippen LogP contribution is -2.58. The Bertz CT molecular complexity index is 737. The van der Waals surface area contributed by atoms with E-state index in [2.05, 4.69) is 5.32 Å². The summed E-state index contributed by atoms with van der Waals surface area (Å²) >= 11 is 0. The van der Waals surface area contributed by atoms with Crippen LogP contribution in [0.25, 0.3) is 0 Å². The Morgan fingerprint density at radius 3 is 2.71 bits per heavy atom. The number of nitro benzene ring substituents is 1. The fraction of sp³-hybridized carbons (Fsp3) is 0.579. The van der Waals surface area contributed by atoms with Crippen molar-refractivity contribution in [2.24, 2.45) is 5.92 Å². The Labute approximate surface area is 164 Å². The van der Waals surface area contributed by atoms with Crippen LogP contribution in [0.2, 0.25) is 0 Å². The third-order valence-corrected chi connectivity index (χ3v) is 4.66. The maximum Gasteiger partial charge on any atom is 0.293 e. The van der Waals surface area contributed by atoms with E-state index in [1.54, 1.807) is 25.0 Å². The van der Waals surface area contributed by atoms with Gasteiger partial charge in [0.2, 0.25) is 5.91 Å². The highest BCUT2D eigenvalue weighted by atomic mass is 16.6. The van der Waals surface area contributed by atoms with Gasteiger partial charge in [0.05, 0.1) is 11.5 Å². The average Bonchev–Trinajstić information content (AvgIpc) is 2.65. The first-order chi connectivity index (χ1) is 13.3. The van der Waals surface area contributed by atoms with E-state index in [0.717, 1.165) is 0 Å². The van der Waals surface area contributed by atoms with Crippen molar-refractivity contribution in [3.8, 4) is 0 Å². The van der Waals surface area contributed by atoms with E-state index in [1.165, 1.54) is 17.0 Å². The number of hydrogen-bond donors (Lipinski definition) is 1. The number of nitrogens with one attached hydrogen (secondary N) is 1. The number of ether oxygens (including phenoxy) is 1. The fourth-order valence-electron chi connectivity index (χ4n) is 3.25. The maximum atomic E-state index is 12.9. The smallest absolute Gasteiger partial charge is 0.293 e. The second-order valence-electron chi connectivity index (χ2n) is 7.26. The standard InChI is InChI=1S/C19H28N4O5/c1-13(2)12-21-8-9-22(14(3)18(21)24)19(25)15-5-6-16(20-7-10-28-4)17(11-15)23(26)27/h5-6,11,13-14,20H,7-10,12H2,1-4H3. The molecule has 2 rings (SSSR count). The molecular formula is C19H28N4O5. The van der Waals surface area contributed by atoms with Crippen LogP contribution in [0.5, 0.6) is 0 Å². The van der Waals surface area contributed by atoms with Crippen molar-refractivity contribution in [1.29, 1.82) is 0 Å². The van der Waals surface area contributed by atoms with Gasteiger partial charge < -0.3 is 19.9 Å². The minimum absolute atomic E-state index is 0.0966. The molecule has 0 aliphatic carbocycles. The number of carbonyl (C=O) groups excluding carboxylic acids is 2. The van der Waals surface area contributed by atoms with Gasteiger partial charge in [-0.1, -0.05) is 13.8 Å². The molecule has 0 radical (unpaired) electrons. The fourth-order valence-corrected chi connectivity index (χ4v) is 3.25. The molecule has 0 saturated carbocycles. The monoisotopic (exact) mass is 392 g/mol. The highest BCUT2D eigenvalue weighted by Crippen LogP contribution is 2.27. The largest absolute Gasteiger partial charge is 0.383 e. The molecular weight excluding hydrogens is 364 g/mol. The van der Waals surface area contributed by atoms with Gasteiger partial charge in [0.25, 0.3) is 11.6 Å². The van der Waals surface area contributed by atoms with Gasteiger partial charge in [-0.15, -0.1) is 0 Å². The van der Waals surface area contributed by atoms with Crippen molar-refractivity contribution in [3.63, 3.8) is 0 Å². The third-order valence-electron chi connectivity index (χ3n) is 4.66. The van der Waals surface area contributed by atoms with E-state index in [9.17, 15) is 19.7 Å². The first kappa shape index (κ1) is 21.6.